The van der Waals surface area contributed by atoms with Gasteiger partial charge in [-0.3, -0.25) is 4.79 Å². The molecule has 0 unspecified atom stereocenters. The second-order valence-electron chi connectivity index (χ2n) is 5.79. The molecule has 0 fully saturated rings. The van der Waals surface area contributed by atoms with Crippen LogP contribution in [0.1, 0.15) is 31.0 Å². The van der Waals surface area contributed by atoms with Crippen LogP contribution in [0.4, 0.5) is 0 Å². The Labute approximate surface area is 150 Å². The van der Waals surface area contributed by atoms with Crippen LogP contribution in [-0.2, 0) is 13.0 Å². The molecule has 124 valence electrons. The van der Waals surface area contributed by atoms with Gasteiger partial charge >= 0.3 is 0 Å². The van der Waals surface area contributed by atoms with E-state index in [0.29, 0.717) is 28.4 Å². The third-order valence-electron chi connectivity index (χ3n) is 4.04. The number of aryl methyl sites for hydroxylation is 1. The van der Waals surface area contributed by atoms with Gasteiger partial charge in [0.1, 0.15) is 0 Å². The Morgan fingerprint density at radius 2 is 1.83 bits per heavy atom. The van der Waals surface area contributed by atoms with E-state index in [1.54, 1.807) is 10.7 Å². The number of hydrogen-bond acceptors (Lipinski definition) is 2. The Kier molecular flexibility index (Phi) is 5.22. The normalized spacial score (nSPS) is 11.1. The summed E-state index contributed by atoms with van der Waals surface area (Å²) >= 11 is 12.3. The maximum Gasteiger partial charge on any atom is 0.274 e. The van der Waals surface area contributed by atoms with Crippen molar-refractivity contribution in [2.45, 2.75) is 32.7 Å². The van der Waals surface area contributed by atoms with Crippen molar-refractivity contribution in [1.29, 1.82) is 0 Å². The lowest BCUT2D eigenvalue weighted by Gasteiger charge is -2.12. The van der Waals surface area contributed by atoms with Gasteiger partial charge in [-0.05, 0) is 30.2 Å². The Morgan fingerprint density at radius 1 is 1.08 bits per heavy atom. The van der Waals surface area contributed by atoms with E-state index < -0.39 is 0 Å². The van der Waals surface area contributed by atoms with Gasteiger partial charge in [0.2, 0.25) is 0 Å². The molecule has 0 aliphatic heterocycles. The van der Waals surface area contributed by atoms with Crippen molar-refractivity contribution in [3.8, 4) is 0 Å². The predicted molar refractivity (Wildman–Crippen MR) is 100 cm³/mol. The zero-order valence-corrected chi connectivity index (χ0v) is 14.9. The highest BCUT2D eigenvalue weighted by Gasteiger charge is 2.12. The van der Waals surface area contributed by atoms with E-state index in [2.05, 4.69) is 12.0 Å². The predicted octanol–water partition coefficient (Wildman–Crippen LogP) is 5.09. The van der Waals surface area contributed by atoms with E-state index >= 15 is 0 Å². The first-order valence-corrected chi connectivity index (χ1v) is 8.78. The zero-order chi connectivity index (χ0) is 17.1. The molecule has 0 bridgehead atoms. The lowest BCUT2D eigenvalue weighted by Crippen LogP contribution is -2.25. The van der Waals surface area contributed by atoms with Crippen molar-refractivity contribution in [3.63, 3.8) is 0 Å². The van der Waals surface area contributed by atoms with Crippen molar-refractivity contribution < 1.29 is 0 Å². The number of halogens is 2. The quantitative estimate of drug-likeness (QED) is 0.634. The van der Waals surface area contributed by atoms with Crippen LogP contribution in [0.25, 0.3) is 10.8 Å². The molecule has 1 heterocycles. The molecule has 0 amide bonds. The second kappa shape index (κ2) is 7.37. The first-order chi connectivity index (χ1) is 11.6. The first-order valence-electron chi connectivity index (χ1n) is 8.03. The minimum atomic E-state index is -0.0370. The Hall–Kier alpha value is -1.84. The molecule has 3 aromatic rings. The average molecular weight is 361 g/mol. The summed E-state index contributed by atoms with van der Waals surface area (Å²) in [6.07, 6.45) is 2.49. The fraction of sp³-hybridized carbons (Fsp3) is 0.263. The van der Waals surface area contributed by atoms with Crippen LogP contribution in [0.5, 0.6) is 0 Å². The monoisotopic (exact) mass is 360 g/mol. The fourth-order valence-corrected chi connectivity index (χ4v) is 3.22. The summed E-state index contributed by atoms with van der Waals surface area (Å²) in [5.74, 6) is 0. The van der Waals surface area contributed by atoms with Crippen molar-refractivity contribution in [1.82, 2.24) is 9.78 Å². The number of benzene rings is 2. The summed E-state index contributed by atoms with van der Waals surface area (Å²) in [6.45, 7) is 2.72. The maximum atomic E-state index is 12.6. The molecule has 2 aromatic carbocycles. The average Bonchev–Trinajstić information content (AvgIpc) is 2.58. The molecule has 0 atom stereocenters. The van der Waals surface area contributed by atoms with Gasteiger partial charge < -0.3 is 0 Å². The molecule has 0 N–H and O–H groups in total. The third kappa shape index (κ3) is 3.47. The van der Waals surface area contributed by atoms with Crippen LogP contribution in [0.3, 0.4) is 0 Å². The first kappa shape index (κ1) is 17.0. The van der Waals surface area contributed by atoms with E-state index in [4.69, 9.17) is 23.2 Å². The van der Waals surface area contributed by atoms with Gasteiger partial charge in [0.05, 0.1) is 11.1 Å². The number of rotatable bonds is 5. The van der Waals surface area contributed by atoms with Crippen LogP contribution in [0, 0.1) is 0 Å². The topological polar surface area (TPSA) is 34.9 Å². The maximum absolute atomic E-state index is 12.6. The van der Waals surface area contributed by atoms with E-state index in [-0.39, 0.29) is 5.56 Å². The Bertz CT molecular complexity index is 934. The fourth-order valence-electron chi connectivity index (χ4n) is 2.74. The molecule has 0 spiro atoms. The lowest BCUT2D eigenvalue weighted by atomic mass is 10.0. The van der Waals surface area contributed by atoms with Gasteiger partial charge in [-0.15, -0.1) is 0 Å². The van der Waals surface area contributed by atoms with Crippen molar-refractivity contribution in [3.05, 3.63) is 74.1 Å². The van der Waals surface area contributed by atoms with Crippen LogP contribution < -0.4 is 5.56 Å². The summed E-state index contributed by atoms with van der Waals surface area (Å²) in [5.41, 5.74) is 1.76. The van der Waals surface area contributed by atoms with Crippen molar-refractivity contribution >= 4 is 34.0 Å². The highest BCUT2D eigenvalue weighted by atomic mass is 35.5. The van der Waals surface area contributed by atoms with E-state index in [9.17, 15) is 4.79 Å². The summed E-state index contributed by atoms with van der Waals surface area (Å²) in [6, 6.07) is 13.1. The molecule has 24 heavy (non-hydrogen) atoms. The number of hydrogen-bond donors (Lipinski definition) is 0. The Morgan fingerprint density at radius 3 is 2.54 bits per heavy atom. The van der Waals surface area contributed by atoms with E-state index in [0.717, 1.165) is 29.5 Å². The van der Waals surface area contributed by atoms with Gasteiger partial charge in [0, 0.05) is 28.4 Å². The molecule has 0 aliphatic rings. The SMILES string of the molecule is CCCCn1nc(Cc2ccc(Cl)cc2Cl)c2ccccc2c1=O. The summed E-state index contributed by atoms with van der Waals surface area (Å²) in [4.78, 5) is 12.6. The molecule has 0 radical (unpaired) electrons. The van der Waals surface area contributed by atoms with Gasteiger partial charge in [0.25, 0.3) is 5.56 Å². The number of fused-ring (bicyclic) bond motifs is 1. The second-order valence-corrected chi connectivity index (χ2v) is 6.63. The number of aromatic nitrogens is 2. The molecular weight excluding hydrogens is 343 g/mol. The molecule has 3 rings (SSSR count). The largest absolute Gasteiger partial charge is 0.274 e. The van der Waals surface area contributed by atoms with Crippen LogP contribution in [-0.4, -0.2) is 9.78 Å². The van der Waals surface area contributed by atoms with E-state index in [1.165, 1.54) is 0 Å². The van der Waals surface area contributed by atoms with Crippen molar-refractivity contribution in [2.75, 3.05) is 0 Å². The van der Waals surface area contributed by atoms with Gasteiger partial charge in [0.15, 0.2) is 0 Å². The zero-order valence-electron chi connectivity index (χ0n) is 13.4. The Balaban J connectivity index is 2.12. The number of unbranched alkanes of at least 4 members (excludes halogenated alkanes) is 1. The molecule has 0 aliphatic carbocycles. The molecule has 5 heteroatoms. The summed E-state index contributed by atoms with van der Waals surface area (Å²) < 4.78 is 1.57. The molecular formula is C19H18Cl2N2O. The minimum Gasteiger partial charge on any atom is -0.267 e. The standard InChI is InChI=1S/C19H18Cl2N2O/c1-2-3-10-23-19(24)16-7-5-4-6-15(16)18(22-23)11-13-8-9-14(20)12-17(13)21/h4-9,12H,2-3,10-11H2,1H3. The molecule has 1 aromatic heterocycles. The van der Waals surface area contributed by atoms with Crippen molar-refractivity contribution in [2.24, 2.45) is 0 Å². The lowest BCUT2D eigenvalue weighted by molar-refractivity contribution is 0.540. The number of nitrogens with zero attached hydrogens (tertiary/aromatic N) is 2. The summed E-state index contributed by atoms with van der Waals surface area (Å²) in [7, 11) is 0. The summed E-state index contributed by atoms with van der Waals surface area (Å²) in [5, 5.41) is 7.40. The molecule has 3 nitrogen and oxygen atoms in total. The van der Waals surface area contributed by atoms with Gasteiger partial charge in [-0.1, -0.05) is 60.8 Å². The van der Waals surface area contributed by atoms with Crippen LogP contribution >= 0.6 is 23.2 Å². The van der Waals surface area contributed by atoms with Crippen LogP contribution in [0.15, 0.2) is 47.3 Å². The molecule has 0 saturated heterocycles. The minimum absolute atomic E-state index is 0.0370. The highest BCUT2D eigenvalue weighted by Crippen LogP contribution is 2.25. The highest BCUT2D eigenvalue weighted by molar-refractivity contribution is 6.35. The van der Waals surface area contributed by atoms with Gasteiger partial charge in [-0.25, -0.2) is 4.68 Å². The van der Waals surface area contributed by atoms with Gasteiger partial charge in [-0.2, -0.15) is 5.10 Å². The third-order valence-corrected chi connectivity index (χ3v) is 4.63. The smallest absolute Gasteiger partial charge is 0.267 e. The van der Waals surface area contributed by atoms with E-state index in [1.807, 2.05) is 36.4 Å². The van der Waals surface area contributed by atoms with Crippen LogP contribution in [0.2, 0.25) is 10.0 Å². The molecule has 0 saturated carbocycles.